The molecule has 4 rings (SSSR count). The average molecular weight is 311 g/mol. The van der Waals surface area contributed by atoms with Crippen molar-refractivity contribution < 1.29 is 9.32 Å². The van der Waals surface area contributed by atoms with Crippen LogP contribution in [0.3, 0.4) is 0 Å². The van der Waals surface area contributed by atoms with E-state index in [1.165, 1.54) is 0 Å². The van der Waals surface area contributed by atoms with Gasteiger partial charge in [0, 0.05) is 16.8 Å². The molecule has 0 aliphatic carbocycles. The first kappa shape index (κ1) is 13.3. The van der Waals surface area contributed by atoms with Gasteiger partial charge in [-0.25, -0.2) is 4.21 Å². The topological polar surface area (TPSA) is 59.3 Å². The Labute approximate surface area is 129 Å². The van der Waals surface area contributed by atoms with Gasteiger partial charge in [0.1, 0.15) is 5.75 Å². The van der Waals surface area contributed by atoms with Gasteiger partial charge in [-0.05, 0) is 30.2 Å². The molecule has 1 atom stereocenters. The van der Waals surface area contributed by atoms with Crippen molar-refractivity contribution in [1.29, 1.82) is 0 Å². The van der Waals surface area contributed by atoms with Gasteiger partial charge in [-0.3, -0.25) is 4.79 Å². The minimum absolute atomic E-state index is 0.0299. The molecular weight excluding hydrogens is 298 g/mol. The predicted molar refractivity (Wildman–Crippen MR) is 84.7 cm³/mol. The first-order chi connectivity index (χ1) is 10.7. The first-order valence-corrected chi connectivity index (χ1v) is 8.17. The van der Waals surface area contributed by atoms with Gasteiger partial charge in [-0.2, -0.15) is 0 Å². The van der Waals surface area contributed by atoms with Crippen molar-refractivity contribution in [3.63, 3.8) is 0 Å². The van der Waals surface area contributed by atoms with Crippen LogP contribution < -0.4 is 5.56 Å². The highest BCUT2D eigenvalue weighted by molar-refractivity contribution is 7.85. The number of nitrogens with zero attached hydrogens (tertiary/aromatic N) is 1. The quantitative estimate of drug-likeness (QED) is 0.791. The Balaban J connectivity index is 2.06. The first-order valence-electron chi connectivity index (χ1n) is 7.02. The molecule has 0 radical (unpaired) electrons. The van der Waals surface area contributed by atoms with Crippen molar-refractivity contribution in [2.24, 2.45) is 0 Å². The summed E-state index contributed by atoms with van der Waals surface area (Å²) in [4.78, 5) is 13.2. The zero-order chi connectivity index (χ0) is 15.3. The second-order valence-corrected chi connectivity index (χ2v) is 6.70. The Bertz CT molecular complexity index is 977. The van der Waals surface area contributed by atoms with Gasteiger partial charge in [0.05, 0.1) is 16.3 Å². The van der Waals surface area contributed by atoms with Crippen LogP contribution in [0.15, 0.2) is 63.1 Å². The third kappa shape index (κ3) is 1.75. The monoisotopic (exact) mass is 311 g/mol. The van der Waals surface area contributed by atoms with Gasteiger partial charge in [0.25, 0.3) is 5.56 Å². The number of para-hydroxylation sites is 1. The molecule has 110 valence electrons. The Morgan fingerprint density at radius 1 is 1.05 bits per heavy atom. The molecule has 2 heterocycles. The van der Waals surface area contributed by atoms with Gasteiger partial charge in [0.15, 0.2) is 4.90 Å². The molecule has 3 aromatic rings. The molecule has 1 aliphatic rings. The van der Waals surface area contributed by atoms with Crippen LogP contribution in [0.4, 0.5) is 0 Å². The number of pyridine rings is 1. The van der Waals surface area contributed by atoms with Crippen LogP contribution >= 0.6 is 0 Å². The summed E-state index contributed by atoms with van der Waals surface area (Å²) in [6.45, 7) is 0.563. The summed E-state index contributed by atoms with van der Waals surface area (Å²) in [5.41, 5.74) is 1.44. The maximum Gasteiger partial charge on any atom is 0.271 e. The fourth-order valence-corrected chi connectivity index (χ4v) is 4.22. The highest BCUT2D eigenvalue weighted by Crippen LogP contribution is 2.34. The summed E-state index contributed by atoms with van der Waals surface area (Å²) in [7, 11) is -1.70. The lowest BCUT2D eigenvalue weighted by Gasteiger charge is -2.11. The molecule has 0 spiro atoms. The summed E-state index contributed by atoms with van der Waals surface area (Å²) in [5.74, 6) is -0.165. The number of aryl methyl sites for hydroxylation is 2. The Morgan fingerprint density at radius 3 is 2.59 bits per heavy atom. The molecule has 1 unspecified atom stereocenters. The Kier molecular flexibility index (Phi) is 2.90. The smallest absolute Gasteiger partial charge is 0.271 e. The van der Waals surface area contributed by atoms with Gasteiger partial charge >= 0.3 is 0 Å². The zero-order valence-corrected chi connectivity index (χ0v) is 12.5. The van der Waals surface area contributed by atoms with Gasteiger partial charge in [-0.1, -0.05) is 30.3 Å². The van der Waals surface area contributed by atoms with Crippen LogP contribution in [0.2, 0.25) is 0 Å². The van der Waals surface area contributed by atoms with Crippen LogP contribution in [-0.2, 0) is 23.8 Å². The molecule has 1 aliphatic heterocycles. The van der Waals surface area contributed by atoms with E-state index >= 15 is 0 Å². The number of aromatic nitrogens is 1. The molecule has 2 aromatic carbocycles. The van der Waals surface area contributed by atoms with Crippen molar-refractivity contribution in [2.45, 2.75) is 22.8 Å². The summed E-state index contributed by atoms with van der Waals surface area (Å²) >= 11 is 0. The summed E-state index contributed by atoms with van der Waals surface area (Å²) in [6, 6.07) is 14.3. The van der Waals surface area contributed by atoms with Crippen molar-refractivity contribution in [3.8, 4) is 5.75 Å². The summed E-state index contributed by atoms with van der Waals surface area (Å²) in [6.07, 6.45) is 0.757. The van der Waals surface area contributed by atoms with Crippen LogP contribution in [-0.4, -0.2) is 13.9 Å². The number of hydrogen-bond donors (Lipinski definition) is 1. The van der Waals surface area contributed by atoms with Gasteiger partial charge in [-0.15, -0.1) is 0 Å². The van der Waals surface area contributed by atoms with E-state index in [9.17, 15) is 14.1 Å². The molecular formula is C17H13NO3S. The summed E-state index contributed by atoms with van der Waals surface area (Å²) in [5, 5.41) is 11.1. The number of aromatic hydroxyl groups is 1. The highest BCUT2D eigenvalue weighted by atomic mass is 32.2. The van der Waals surface area contributed by atoms with Crippen LogP contribution in [0.25, 0.3) is 10.9 Å². The SMILES string of the molecule is O=c1c(S(=O)c2ccccc2)c(O)c2cccc3c2n1CC3. The van der Waals surface area contributed by atoms with E-state index in [2.05, 4.69) is 0 Å². The van der Waals surface area contributed by atoms with E-state index in [-0.39, 0.29) is 16.2 Å². The molecule has 22 heavy (non-hydrogen) atoms. The van der Waals surface area contributed by atoms with E-state index in [1.54, 1.807) is 34.9 Å². The lowest BCUT2D eigenvalue weighted by atomic mass is 10.1. The molecule has 0 bridgehead atoms. The van der Waals surface area contributed by atoms with Crippen LogP contribution in [0.1, 0.15) is 5.56 Å². The second-order valence-electron chi connectivity index (χ2n) is 5.28. The summed E-state index contributed by atoms with van der Waals surface area (Å²) < 4.78 is 14.4. The lowest BCUT2D eigenvalue weighted by molar-refractivity contribution is 0.463. The second kappa shape index (κ2) is 4.81. The molecule has 1 N–H and O–H groups in total. The van der Waals surface area contributed by atoms with Crippen molar-refractivity contribution in [2.75, 3.05) is 0 Å². The molecule has 5 heteroatoms. The molecule has 4 nitrogen and oxygen atoms in total. The normalized spacial score (nSPS) is 14.4. The lowest BCUT2D eigenvalue weighted by Crippen LogP contribution is -2.23. The van der Waals surface area contributed by atoms with E-state index in [1.807, 2.05) is 18.2 Å². The van der Waals surface area contributed by atoms with E-state index < -0.39 is 10.8 Å². The van der Waals surface area contributed by atoms with Crippen molar-refractivity contribution >= 4 is 21.7 Å². The molecule has 0 amide bonds. The standard InChI is InChI=1S/C17H13NO3S/c19-15-13-8-4-5-11-9-10-18(14(11)13)17(20)16(15)22(21)12-6-2-1-3-7-12/h1-8,19H,9-10H2. The number of rotatable bonds is 2. The zero-order valence-electron chi connectivity index (χ0n) is 11.7. The van der Waals surface area contributed by atoms with E-state index in [0.29, 0.717) is 16.8 Å². The molecule has 0 saturated heterocycles. The average Bonchev–Trinajstić information content (AvgIpc) is 2.99. The highest BCUT2D eigenvalue weighted by Gasteiger charge is 2.25. The van der Waals surface area contributed by atoms with Gasteiger partial charge in [0.2, 0.25) is 0 Å². The van der Waals surface area contributed by atoms with E-state index in [0.717, 1.165) is 17.5 Å². The molecule has 0 fully saturated rings. The third-order valence-electron chi connectivity index (χ3n) is 4.05. The third-order valence-corrected chi connectivity index (χ3v) is 5.49. The van der Waals surface area contributed by atoms with Crippen molar-refractivity contribution in [3.05, 3.63) is 64.4 Å². The predicted octanol–water partition coefficient (Wildman–Crippen LogP) is 2.43. The van der Waals surface area contributed by atoms with Crippen molar-refractivity contribution in [1.82, 2.24) is 4.57 Å². The van der Waals surface area contributed by atoms with Crippen LogP contribution in [0, 0.1) is 0 Å². The number of hydrogen-bond acceptors (Lipinski definition) is 3. The van der Waals surface area contributed by atoms with E-state index in [4.69, 9.17) is 0 Å². The van der Waals surface area contributed by atoms with Gasteiger partial charge < -0.3 is 9.67 Å². The minimum Gasteiger partial charge on any atom is -0.506 e. The minimum atomic E-state index is -1.70. The largest absolute Gasteiger partial charge is 0.506 e. The fraction of sp³-hybridized carbons (Fsp3) is 0.118. The Hall–Kier alpha value is -2.40. The molecule has 1 aromatic heterocycles. The molecule has 0 saturated carbocycles. The fourth-order valence-electron chi connectivity index (χ4n) is 3.03. The van der Waals surface area contributed by atoms with Crippen LogP contribution in [0.5, 0.6) is 5.75 Å². The maximum absolute atomic E-state index is 12.8. The Morgan fingerprint density at radius 2 is 1.82 bits per heavy atom. The number of benzene rings is 2. The maximum atomic E-state index is 12.8.